The Morgan fingerprint density at radius 2 is 2.14 bits per heavy atom. The van der Waals surface area contributed by atoms with Gasteiger partial charge in [-0.3, -0.25) is 9.59 Å². The number of carbonyl (C=O) groups is 2. The van der Waals surface area contributed by atoms with Crippen molar-refractivity contribution in [3.8, 4) is 0 Å². The first kappa shape index (κ1) is 11.0. The molecule has 0 saturated heterocycles. The normalized spacial score (nSPS) is 18.4. The van der Waals surface area contributed by atoms with Crippen LogP contribution in [0.25, 0.3) is 0 Å². The molecular formula is C9H16N2O3. The number of nitrogens with two attached hydrogens (primary N) is 1. The van der Waals surface area contributed by atoms with Gasteiger partial charge < -0.3 is 16.2 Å². The number of hydrogen-bond acceptors (Lipinski definition) is 3. The van der Waals surface area contributed by atoms with Crippen LogP contribution < -0.4 is 11.1 Å². The minimum Gasteiger partial charge on any atom is -0.381 e. The SMILES string of the molecule is NC(=O)C(O)CNC(=O)CC1CCC1. The first-order chi connectivity index (χ1) is 6.59. The van der Waals surface area contributed by atoms with Crippen molar-refractivity contribution in [2.45, 2.75) is 31.8 Å². The van der Waals surface area contributed by atoms with Crippen LogP contribution in [-0.2, 0) is 9.59 Å². The number of nitrogens with one attached hydrogen (secondary N) is 1. The molecule has 1 aliphatic rings. The maximum absolute atomic E-state index is 11.2. The summed E-state index contributed by atoms with van der Waals surface area (Å²) < 4.78 is 0. The Labute approximate surface area is 82.7 Å². The van der Waals surface area contributed by atoms with E-state index in [9.17, 15) is 9.59 Å². The molecule has 1 unspecified atom stereocenters. The van der Waals surface area contributed by atoms with Crippen LogP contribution >= 0.6 is 0 Å². The molecule has 4 N–H and O–H groups in total. The van der Waals surface area contributed by atoms with Gasteiger partial charge in [-0.1, -0.05) is 6.42 Å². The van der Waals surface area contributed by atoms with E-state index in [-0.39, 0.29) is 12.5 Å². The smallest absolute Gasteiger partial charge is 0.248 e. The van der Waals surface area contributed by atoms with E-state index in [0.29, 0.717) is 12.3 Å². The third-order valence-electron chi connectivity index (χ3n) is 2.52. The monoisotopic (exact) mass is 200 g/mol. The van der Waals surface area contributed by atoms with E-state index in [1.54, 1.807) is 0 Å². The molecule has 0 aromatic heterocycles. The Morgan fingerprint density at radius 1 is 1.50 bits per heavy atom. The summed E-state index contributed by atoms with van der Waals surface area (Å²) in [6, 6.07) is 0. The molecule has 14 heavy (non-hydrogen) atoms. The fourth-order valence-corrected chi connectivity index (χ4v) is 1.34. The molecule has 5 heteroatoms. The van der Waals surface area contributed by atoms with Gasteiger partial charge in [0.1, 0.15) is 6.10 Å². The highest BCUT2D eigenvalue weighted by Gasteiger charge is 2.21. The number of amides is 2. The molecule has 1 saturated carbocycles. The van der Waals surface area contributed by atoms with Crippen LogP contribution in [0.15, 0.2) is 0 Å². The lowest BCUT2D eigenvalue weighted by atomic mass is 9.83. The number of hydrogen-bond donors (Lipinski definition) is 3. The number of aliphatic hydroxyl groups excluding tert-OH is 1. The van der Waals surface area contributed by atoms with Crippen molar-refractivity contribution in [3.05, 3.63) is 0 Å². The summed E-state index contributed by atoms with van der Waals surface area (Å²) in [5.74, 6) is -0.440. The highest BCUT2D eigenvalue weighted by molar-refractivity contribution is 5.81. The second-order valence-electron chi connectivity index (χ2n) is 3.72. The van der Waals surface area contributed by atoms with Crippen molar-refractivity contribution in [2.75, 3.05) is 6.54 Å². The Kier molecular flexibility index (Phi) is 3.88. The van der Waals surface area contributed by atoms with Gasteiger partial charge in [-0.2, -0.15) is 0 Å². The lowest BCUT2D eigenvalue weighted by molar-refractivity contribution is -0.127. The molecular weight excluding hydrogens is 184 g/mol. The highest BCUT2D eigenvalue weighted by atomic mass is 16.3. The van der Waals surface area contributed by atoms with E-state index in [1.165, 1.54) is 6.42 Å². The number of rotatable bonds is 5. The van der Waals surface area contributed by atoms with Gasteiger partial charge in [-0.15, -0.1) is 0 Å². The summed E-state index contributed by atoms with van der Waals surface area (Å²) in [7, 11) is 0. The van der Waals surface area contributed by atoms with E-state index >= 15 is 0 Å². The van der Waals surface area contributed by atoms with Gasteiger partial charge in [-0.25, -0.2) is 0 Å². The summed E-state index contributed by atoms with van der Waals surface area (Å²) in [5, 5.41) is 11.5. The molecule has 0 spiro atoms. The molecule has 0 bridgehead atoms. The van der Waals surface area contributed by atoms with Crippen molar-refractivity contribution in [1.82, 2.24) is 5.32 Å². The molecule has 1 atom stereocenters. The van der Waals surface area contributed by atoms with E-state index in [4.69, 9.17) is 10.8 Å². The van der Waals surface area contributed by atoms with Crippen LogP contribution in [0.3, 0.4) is 0 Å². The van der Waals surface area contributed by atoms with Gasteiger partial charge in [0.15, 0.2) is 0 Å². The topological polar surface area (TPSA) is 92.4 Å². The van der Waals surface area contributed by atoms with E-state index in [2.05, 4.69) is 5.32 Å². The van der Waals surface area contributed by atoms with Crippen molar-refractivity contribution >= 4 is 11.8 Å². The zero-order chi connectivity index (χ0) is 10.6. The molecule has 1 fully saturated rings. The van der Waals surface area contributed by atoms with Gasteiger partial charge in [0.2, 0.25) is 11.8 Å². The lowest BCUT2D eigenvalue weighted by Crippen LogP contribution is -2.40. The first-order valence-electron chi connectivity index (χ1n) is 4.83. The van der Waals surface area contributed by atoms with Gasteiger partial charge in [-0.05, 0) is 18.8 Å². The predicted octanol–water partition coefficient (Wildman–Crippen LogP) is -0.861. The highest BCUT2D eigenvalue weighted by Crippen LogP contribution is 2.28. The van der Waals surface area contributed by atoms with Crippen LogP contribution in [0.4, 0.5) is 0 Å². The zero-order valence-corrected chi connectivity index (χ0v) is 8.03. The molecule has 1 aliphatic carbocycles. The first-order valence-corrected chi connectivity index (χ1v) is 4.83. The van der Waals surface area contributed by atoms with Crippen molar-refractivity contribution in [2.24, 2.45) is 11.7 Å². The van der Waals surface area contributed by atoms with Crippen LogP contribution in [-0.4, -0.2) is 29.6 Å². The van der Waals surface area contributed by atoms with Crippen LogP contribution in [0.2, 0.25) is 0 Å². The standard InChI is InChI=1S/C9H16N2O3/c10-9(14)7(12)5-11-8(13)4-6-2-1-3-6/h6-7,12H,1-5H2,(H2,10,14)(H,11,13). The van der Waals surface area contributed by atoms with Crippen molar-refractivity contribution in [1.29, 1.82) is 0 Å². The predicted molar refractivity (Wildman–Crippen MR) is 50.2 cm³/mol. The average Bonchev–Trinajstić information content (AvgIpc) is 2.07. The third kappa shape index (κ3) is 3.33. The molecule has 2 amide bonds. The maximum Gasteiger partial charge on any atom is 0.248 e. The second-order valence-corrected chi connectivity index (χ2v) is 3.72. The molecule has 1 rings (SSSR count). The second kappa shape index (κ2) is 4.95. The molecule has 0 aromatic rings. The minimum atomic E-state index is -1.28. The fourth-order valence-electron chi connectivity index (χ4n) is 1.34. The maximum atomic E-state index is 11.2. The summed E-state index contributed by atoms with van der Waals surface area (Å²) >= 11 is 0. The van der Waals surface area contributed by atoms with E-state index < -0.39 is 12.0 Å². The van der Waals surface area contributed by atoms with Crippen molar-refractivity contribution in [3.63, 3.8) is 0 Å². The van der Waals surface area contributed by atoms with Gasteiger partial charge in [0.25, 0.3) is 0 Å². The Bertz CT molecular complexity index is 226. The van der Waals surface area contributed by atoms with Gasteiger partial charge >= 0.3 is 0 Å². The summed E-state index contributed by atoms with van der Waals surface area (Å²) in [6.07, 6.45) is 2.62. The zero-order valence-electron chi connectivity index (χ0n) is 8.03. The van der Waals surface area contributed by atoms with Crippen molar-refractivity contribution < 1.29 is 14.7 Å². The quantitative estimate of drug-likeness (QED) is 0.539. The number of aliphatic hydroxyl groups is 1. The Hall–Kier alpha value is -1.10. The third-order valence-corrected chi connectivity index (χ3v) is 2.52. The average molecular weight is 200 g/mol. The minimum absolute atomic E-state index is 0.0825. The number of carbonyl (C=O) groups excluding carboxylic acids is 2. The van der Waals surface area contributed by atoms with Gasteiger partial charge in [0.05, 0.1) is 6.54 Å². The molecule has 5 nitrogen and oxygen atoms in total. The molecule has 0 radical (unpaired) electrons. The fraction of sp³-hybridized carbons (Fsp3) is 0.778. The van der Waals surface area contributed by atoms with Crippen LogP contribution in [0.1, 0.15) is 25.7 Å². The summed E-state index contributed by atoms with van der Waals surface area (Å²) in [4.78, 5) is 21.6. The van der Waals surface area contributed by atoms with E-state index in [0.717, 1.165) is 12.8 Å². The van der Waals surface area contributed by atoms with E-state index in [1.807, 2.05) is 0 Å². The molecule has 0 aliphatic heterocycles. The largest absolute Gasteiger partial charge is 0.381 e. The Morgan fingerprint density at radius 3 is 2.57 bits per heavy atom. The molecule has 0 heterocycles. The van der Waals surface area contributed by atoms with Gasteiger partial charge in [0, 0.05) is 6.42 Å². The summed E-state index contributed by atoms with van der Waals surface area (Å²) in [6.45, 7) is -0.0825. The molecule has 0 aromatic carbocycles. The number of primary amides is 1. The Balaban J connectivity index is 2.10. The van der Waals surface area contributed by atoms with Crippen LogP contribution in [0.5, 0.6) is 0 Å². The molecule has 80 valence electrons. The van der Waals surface area contributed by atoms with Crippen LogP contribution in [0, 0.1) is 5.92 Å². The lowest BCUT2D eigenvalue weighted by Gasteiger charge is -2.24. The summed E-state index contributed by atoms with van der Waals surface area (Å²) in [5.41, 5.74) is 4.82.